The third-order valence-electron chi connectivity index (χ3n) is 6.04. The lowest BCUT2D eigenvalue weighted by molar-refractivity contribution is -0.385. The number of nitro groups is 1. The van der Waals surface area contributed by atoms with E-state index in [-0.39, 0.29) is 29.9 Å². The highest BCUT2D eigenvalue weighted by Gasteiger charge is 2.17. The Morgan fingerprint density at radius 1 is 0.947 bits per heavy atom. The number of nitrogens with one attached hydrogen (secondary N) is 2. The normalized spacial score (nSPS) is 10.6. The number of rotatable bonds is 9. The van der Waals surface area contributed by atoms with Crippen LogP contribution in [0.5, 0.6) is 5.75 Å². The van der Waals surface area contributed by atoms with E-state index in [1.807, 2.05) is 32.0 Å². The highest BCUT2D eigenvalue weighted by atomic mass is 16.6. The molecule has 0 aliphatic carbocycles. The van der Waals surface area contributed by atoms with E-state index in [2.05, 4.69) is 15.7 Å². The van der Waals surface area contributed by atoms with E-state index < -0.39 is 4.92 Å². The summed E-state index contributed by atoms with van der Waals surface area (Å²) in [6, 6.07) is 20.3. The number of nitrogens with zero attached hydrogens (tertiary/aromatic N) is 3. The summed E-state index contributed by atoms with van der Waals surface area (Å²) in [4.78, 5) is 35.6. The number of aryl methyl sites for hydroxylation is 1. The Morgan fingerprint density at radius 3 is 2.39 bits per heavy atom. The van der Waals surface area contributed by atoms with Gasteiger partial charge in [-0.15, -0.1) is 0 Å². The van der Waals surface area contributed by atoms with Crippen LogP contribution in [-0.2, 0) is 13.2 Å². The molecule has 2 amide bonds. The second kappa shape index (κ2) is 11.4. The predicted molar refractivity (Wildman–Crippen MR) is 142 cm³/mol. The third-order valence-corrected chi connectivity index (χ3v) is 6.04. The van der Waals surface area contributed by atoms with Crippen LogP contribution in [0, 0.1) is 24.0 Å². The molecule has 0 spiro atoms. The fraction of sp³-hybridized carbons (Fsp3) is 0.179. The summed E-state index contributed by atoms with van der Waals surface area (Å²) in [5.74, 6) is -0.265. The van der Waals surface area contributed by atoms with Gasteiger partial charge in [-0.05, 0) is 55.3 Å². The van der Waals surface area contributed by atoms with Gasteiger partial charge in [0.25, 0.3) is 11.8 Å². The molecule has 0 atom stereocenters. The Labute approximate surface area is 219 Å². The minimum absolute atomic E-state index is 0.103. The molecule has 4 aromatic rings. The van der Waals surface area contributed by atoms with Crippen molar-refractivity contribution in [1.82, 2.24) is 15.1 Å². The van der Waals surface area contributed by atoms with Crippen LogP contribution < -0.4 is 15.4 Å². The number of ether oxygens (including phenoxy) is 1. The lowest BCUT2D eigenvalue weighted by Crippen LogP contribution is -2.18. The highest BCUT2D eigenvalue weighted by molar-refractivity contribution is 6.04. The highest BCUT2D eigenvalue weighted by Crippen LogP contribution is 2.27. The molecule has 3 aromatic carbocycles. The average molecular weight is 514 g/mol. The molecular weight excluding hydrogens is 486 g/mol. The van der Waals surface area contributed by atoms with Crippen LogP contribution in [0.4, 0.5) is 11.4 Å². The average Bonchev–Trinajstić information content (AvgIpc) is 3.19. The van der Waals surface area contributed by atoms with Gasteiger partial charge in [-0.25, -0.2) is 0 Å². The van der Waals surface area contributed by atoms with E-state index in [4.69, 9.17) is 4.74 Å². The quantitative estimate of drug-likeness (QED) is 0.248. The lowest BCUT2D eigenvalue weighted by Gasteiger charge is -2.09. The van der Waals surface area contributed by atoms with Crippen LogP contribution >= 0.6 is 0 Å². The number of carbonyl (C=O) groups is 2. The van der Waals surface area contributed by atoms with Crippen LogP contribution in [0.2, 0.25) is 0 Å². The number of para-hydroxylation sites is 2. The van der Waals surface area contributed by atoms with Gasteiger partial charge in [-0.1, -0.05) is 36.4 Å². The van der Waals surface area contributed by atoms with Gasteiger partial charge in [0.15, 0.2) is 5.75 Å². The van der Waals surface area contributed by atoms with Gasteiger partial charge < -0.3 is 15.4 Å². The summed E-state index contributed by atoms with van der Waals surface area (Å²) in [5.41, 5.74) is 4.67. The van der Waals surface area contributed by atoms with Gasteiger partial charge >= 0.3 is 5.69 Å². The molecule has 0 aliphatic heterocycles. The second-order valence-corrected chi connectivity index (χ2v) is 8.65. The van der Waals surface area contributed by atoms with Crippen molar-refractivity contribution >= 4 is 23.2 Å². The number of aromatic nitrogens is 2. The first-order valence-electron chi connectivity index (χ1n) is 11.9. The van der Waals surface area contributed by atoms with Crippen molar-refractivity contribution in [3.63, 3.8) is 0 Å². The molecule has 10 heteroatoms. The molecule has 0 unspecified atom stereocenters. The number of hydrogen-bond acceptors (Lipinski definition) is 6. The largest absolute Gasteiger partial charge is 0.482 e. The van der Waals surface area contributed by atoms with Crippen molar-refractivity contribution in [1.29, 1.82) is 0 Å². The molecule has 0 aliphatic rings. The molecule has 2 N–H and O–H groups in total. The van der Waals surface area contributed by atoms with Crippen molar-refractivity contribution < 1.29 is 19.2 Å². The van der Waals surface area contributed by atoms with Crippen molar-refractivity contribution in [3.8, 4) is 5.75 Å². The number of benzene rings is 3. The zero-order valence-corrected chi connectivity index (χ0v) is 21.2. The first-order chi connectivity index (χ1) is 18.3. The lowest BCUT2D eigenvalue weighted by atomic mass is 10.1. The fourth-order valence-electron chi connectivity index (χ4n) is 3.99. The molecule has 0 saturated heterocycles. The molecule has 0 bridgehead atoms. The van der Waals surface area contributed by atoms with Crippen molar-refractivity contribution in [3.05, 3.63) is 117 Å². The minimum Gasteiger partial charge on any atom is -0.482 e. The standard InChI is InChI=1S/C28H27N5O5/c1-18-26(19(2)32(31-18)16-21-7-6-8-23(15-21)27(34)29-3)30-28(35)22-13-11-20(12-14-22)17-38-25-10-5-4-9-24(25)33(36)37/h4-15H,16-17H2,1-3H3,(H,29,34)(H,30,35). The van der Waals surface area contributed by atoms with E-state index in [0.29, 0.717) is 29.1 Å². The fourth-order valence-corrected chi connectivity index (χ4v) is 3.99. The maximum atomic E-state index is 13.0. The maximum Gasteiger partial charge on any atom is 0.310 e. The molecule has 0 fully saturated rings. The first kappa shape index (κ1) is 26.1. The molecule has 194 valence electrons. The van der Waals surface area contributed by atoms with Crippen LogP contribution in [0.3, 0.4) is 0 Å². The van der Waals surface area contributed by atoms with E-state index in [9.17, 15) is 19.7 Å². The van der Waals surface area contributed by atoms with Crippen LogP contribution in [0.1, 0.15) is 43.2 Å². The van der Waals surface area contributed by atoms with Gasteiger partial charge in [-0.3, -0.25) is 24.4 Å². The molecule has 1 heterocycles. The summed E-state index contributed by atoms with van der Waals surface area (Å²) in [7, 11) is 1.59. The Kier molecular flexibility index (Phi) is 7.81. The molecule has 10 nitrogen and oxygen atoms in total. The third kappa shape index (κ3) is 5.86. The Bertz CT molecular complexity index is 1490. The van der Waals surface area contributed by atoms with Crippen LogP contribution in [0.25, 0.3) is 0 Å². The number of carbonyl (C=O) groups excluding carboxylic acids is 2. The number of amides is 2. The van der Waals surface area contributed by atoms with Crippen molar-refractivity contribution in [2.24, 2.45) is 0 Å². The van der Waals surface area contributed by atoms with Gasteiger partial charge in [-0.2, -0.15) is 5.10 Å². The number of anilines is 1. The van der Waals surface area contributed by atoms with Gasteiger partial charge in [0, 0.05) is 24.2 Å². The Hall–Kier alpha value is -4.99. The van der Waals surface area contributed by atoms with E-state index >= 15 is 0 Å². The zero-order valence-electron chi connectivity index (χ0n) is 21.2. The number of hydrogen-bond donors (Lipinski definition) is 2. The second-order valence-electron chi connectivity index (χ2n) is 8.65. The van der Waals surface area contributed by atoms with E-state index in [0.717, 1.165) is 16.8 Å². The topological polar surface area (TPSA) is 128 Å². The first-order valence-corrected chi connectivity index (χ1v) is 11.9. The molecule has 1 aromatic heterocycles. The molecule has 38 heavy (non-hydrogen) atoms. The summed E-state index contributed by atoms with van der Waals surface area (Å²) < 4.78 is 7.40. The summed E-state index contributed by atoms with van der Waals surface area (Å²) >= 11 is 0. The van der Waals surface area contributed by atoms with Gasteiger partial charge in [0.1, 0.15) is 6.61 Å². The Morgan fingerprint density at radius 2 is 1.68 bits per heavy atom. The number of nitro benzene ring substituents is 1. The maximum absolute atomic E-state index is 13.0. The van der Waals surface area contributed by atoms with Gasteiger partial charge in [0.05, 0.1) is 28.5 Å². The smallest absolute Gasteiger partial charge is 0.310 e. The zero-order chi connectivity index (χ0) is 27.2. The summed E-state index contributed by atoms with van der Waals surface area (Å²) in [5, 5.41) is 21.3. The SMILES string of the molecule is CNC(=O)c1cccc(Cn2nc(C)c(NC(=O)c3ccc(COc4ccccc4[N+](=O)[O-])cc3)c2C)c1. The van der Waals surface area contributed by atoms with Crippen LogP contribution in [-0.4, -0.2) is 33.6 Å². The van der Waals surface area contributed by atoms with Gasteiger partial charge in [0.2, 0.25) is 0 Å². The summed E-state index contributed by atoms with van der Waals surface area (Å²) in [6.07, 6.45) is 0. The minimum atomic E-state index is -0.489. The predicted octanol–water partition coefficient (Wildman–Crippen LogP) is 4.65. The van der Waals surface area contributed by atoms with E-state index in [1.165, 1.54) is 6.07 Å². The molecule has 4 rings (SSSR count). The molecule has 0 radical (unpaired) electrons. The summed E-state index contributed by atoms with van der Waals surface area (Å²) in [6.45, 7) is 4.27. The van der Waals surface area contributed by atoms with Crippen LogP contribution in [0.15, 0.2) is 72.8 Å². The van der Waals surface area contributed by atoms with Crippen molar-refractivity contribution in [2.45, 2.75) is 27.0 Å². The molecular formula is C28H27N5O5. The Balaban J connectivity index is 1.42. The molecule has 0 saturated carbocycles. The van der Waals surface area contributed by atoms with E-state index in [1.54, 1.807) is 60.3 Å². The van der Waals surface area contributed by atoms with Crippen molar-refractivity contribution in [2.75, 3.05) is 12.4 Å². The monoisotopic (exact) mass is 513 g/mol.